The van der Waals surface area contributed by atoms with Gasteiger partial charge >= 0.3 is 0 Å². The van der Waals surface area contributed by atoms with Crippen molar-refractivity contribution in [3.8, 4) is 22.6 Å². The minimum atomic E-state index is -0.787. The van der Waals surface area contributed by atoms with Gasteiger partial charge in [0, 0.05) is 11.1 Å². The Balaban J connectivity index is 2.05. The molecule has 1 unspecified atom stereocenters. The molecule has 1 atom stereocenters. The van der Waals surface area contributed by atoms with Gasteiger partial charge in [-0.3, -0.25) is 0 Å². The molecule has 4 aromatic carbocycles. The third kappa shape index (κ3) is 3.99. The van der Waals surface area contributed by atoms with E-state index in [4.69, 9.17) is 9.47 Å². The highest BCUT2D eigenvalue weighted by molar-refractivity contribution is 7.80. The van der Waals surface area contributed by atoms with Gasteiger partial charge in [0.25, 0.3) is 0 Å². The number of methoxy groups -OCH3 is 2. The van der Waals surface area contributed by atoms with E-state index in [9.17, 15) is 0 Å². The molecule has 0 N–H and O–H groups in total. The van der Waals surface area contributed by atoms with Crippen molar-refractivity contribution in [2.45, 2.75) is 0 Å². The van der Waals surface area contributed by atoms with Gasteiger partial charge in [-0.2, -0.15) is 0 Å². The van der Waals surface area contributed by atoms with Crippen molar-refractivity contribution in [2.24, 2.45) is 0 Å². The molecule has 0 aliphatic carbocycles. The molecule has 4 aromatic rings. The van der Waals surface area contributed by atoms with E-state index in [1.54, 1.807) is 14.2 Å². The molecule has 4 heteroatoms. The molecule has 0 spiro atoms. The van der Waals surface area contributed by atoms with Crippen LogP contribution in [0, 0.1) is 0 Å². The molecule has 0 radical (unpaired) electrons. The summed E-state index contributed by atoms with van der Waals surface area (Å²) in [6, 6.07) is 33.9. The van der Waals surface area contributed by atoms with Gasteiger partial charge in [-0.15, -0.1) is 9.24 Å². The second-order valence-electron chi connectivity index (χ2n) is 6.79. The van der Waals surface area contributed by atoms with Crippen LogP contribution in [-0.2, 0) is 0 Å². The zero-order valence-corrected chi connectivity index (χ0v) is 19.1. The van der Waals surface area contributed by atoms with Crippen LogP contribution in [-0.4, -0.2) is 14.2 Å². The Labute approximate surface area is 181 Å². The maximum Gasteiger partial charge on any atom is 0.127 e. The monoisotopic (exact) mass is 430 g/mol. The summed E-state index contributed by atoms with van der Waals surface area (Å²) in [5.41, 5.74) is 2.14. The highest BCUT2D eigenvalue weighted by atomic mass is 31.1. The minimum absolute atomic E-state index is 0.787. The molecule has 0 fully saturated rings. The number of hydrogen-bond donors (Lipinski definition) is 0. The number of rotatable bonds is 6. The van der Waals surface area contributed by atoms with Gasteiger partial charge < -0.3 is 9.47 Å². The van der Waals surface area contributed by atoms with E-state index in [0.29, 0.717) is 0 Å². The first-order valence-electron chi connectivity index (χ1n) is 9.74. The summed E-state index contributed by atoms with van der Waals surface area (Å²) >= 11 is 0. The fourth-order valence-corrected chi connectivity index (χ4v) is 6.57. The summed E-state index contributed by atoms with van der Waals surface area (Å²) in [6.45, 7) is 0. The Kier molecular flexibility index (Phi) is 6.48. The van der Waals surface area contributed by atoms with Gasteiger partial charge in [-0.1, -0.05) is 84.9 Å². The SMILES string of the molecule is COc1cccc(P)c1-c1c(OC)cccc1P(c1ccccc1)c1ccccc1. The maximum absolute atomic E-state index is 5.86. The van der Waals surface area contributed by atoms with Gasteiger partial charge in [-0.25, -0.2) is 0 Å². The molecule has 0 amide bonds. The molecule has 0 aromatic heterocycles. The minimum Gasteiger partial charge on any atom is -0.496 e. The second-order valence-corrected chi connectivity index (χ2v) is 9.59. The van der Waals surface area contributed by atoms with E-state index < -0.39 is 7.92 Å². The smallest absolute Gasteiger partial charge is 0.127 e. The lowest BCUT2D eigenvalue weighted by atomic mass is 10.0. The van der Waals surface area contributed by atoms with E-state index in [1.807, 2.05) is 18.2 Å². The van der Waals surface area contributed by atoms with Crippen LogP contribution in [0.25, 0.3) is 11.1 Å². The number of benzene rings is 4. The molecule has 2 nitrogen and oxygen atoms in total. The second kappa shape index (κ2) is 9.43. The molecule has 150 valence electrons. The van der Waals surface area contributed by atoms with Gasteiger partial charge in [-0.05, 0) is 41.3 Å². The maximum atomic E-state index is 5.86. The molecule has 4 rings (SSSR count). The summed E-state index contributed by atoms with van der Waals surface area (Å²) in [5.74, 6) is 1.68. The molecular weight excluding hydrogens is 406 g/mol. The van der Waals surface area contributed by atoms with Crippen LogP contribution < -0.4 is 30.7 Å². The molecule has 30 heavy (non-hydrogen) atoms. The first kappa shape index (κ1) is 20.6. The topological polar surface area (TPSA) is 18.5 Å². The Bertz CT molecular complexity index is 1090. The molecular formula is C26H24O2P2. The molecule has 0 saturated carbocycles. The Morgan fingerprint density at radius 2 is 1.07 bits per heavy atom. The highest BCUT2D eigenvalue weighted by Gasteiger charge is 2.25. The van der Waals surface area contributed by atoms with Gasteiger partial charge in [0.1, 0.15) is 11.5 Å². The van der Waals surface area contributed by atoms with E-state index in [0.717, 1.165) is 27.9 Å². The molecule has 0 saturated heterocycles. The average molecular weight is 430 g/mol. The normalized spacial score (nSPS) is 10.8. The van der Waals surface area contributed by atoms with Crippen LogP contribution in [0.1, 0.15) is 0 Å². The molecule has 0 heterocycles. The lowest BCUT2D eigenvalue weighted by Gasteiger charge is -2.25. The van der Waals surface area contributed by atoms with Crippen molar-refractivity contribution < 1.29 is 9.47 Å². The van der Waals surface area contributed by atoms with Crippen molar-refractivity contribution in [1.29, 1.82) is 0 Å². The van der Waals surface area contributed by atoms with E-state index in [-0.39, 0.29) is 0 Å². The predicted octanol–water partition coefficient (Wildman–Crippen LogP) is 4.63. The van der Waals surface area contributed by atoms with E-state index in [2.05, 4.69) is 88.1 Å². The van der Waals surface area contributed by atoms with Crippen molar-refractivity contribution >= 4 is 38.4 Å². The van der Waals surface area contributed by atoms with Crippen LogP contribution in [0.15, 0.2) is 97.1 Å². The Hall–Kier alpha value is -2.66. The van der Waals surface area contributed by atoms with Crippen LogP contribution in [0.2, 0.25) is 0 Å². The molecule has 0 bridgehead atoms. The first-order chi connectivity index (χ1) is 14.7. The van der Waals surface area contributed by atoms with Crippen molar-refractivity contribution in [3.63, 3.8) is 0 Å². The third-order valence-corrected chi connectivity index (χ3v) is 7.99. The average Bonchev–Trinajstić information content (AvgIpc) is 2.80. The summed E-state index contributed by atoms with van der Waals surface area (Å²) in [4.78, 5) is 0. The van der Waals surface area contributed by atoms with Gasteiger partial charge in [0.15, 0.2) is 0 Å². The van der Waals surface area contributed by atoms with Gasteiger partial charge in [0.2, 0.25) is 0 Å². The Morgan fingerprint density at radius 1 is 0.567 bits per heavy atom. The zero-order valence-electron chi connectivity index (χ0n) is 17.1. The largest absolute Gasteiger partial charge is 0.496 e. The van der Waals surface area contributed by atoms with Crippen molar-refractivity contribution in [3.05, 3.63) is 97.1 Å². The van der Waals surface area contributed by atoms with Crippen LogP contribution in [0.4, 0.5) is 0 Å². The van der Waals surface area contributed by atoms with Crippen LogP contribution in [0.5, 0.6) is 11.5 Å². The Morgan fingerprint density at radius 3 is 1.60 bits per heavy atom. The zero-order chi connectivity index (χ0) is 20.9. The fourth-order valence-electron chi connectivity index (χ4n) is 3.69. The lowest BCUT2D eigenvalue weighted by Crippen LogP contribution is -2.23. The molecule has 0 aliphatic heterocycles. The van der Waals surface area contributed by atoms with E-state index in [1.165, 1.54) is 15.9 Å². The van der Waals surface area contributed by atoms with Crippen molar-refractivity contribution in [2.75, 3.05) is 14.2 Å². The summed E-state index contributed by atoms with van der Waals surface area (Å²) < 4.78 is 11.6. The van der Waals surface area contributed by atoms with Crippen LogP contribution >= 0.6 is 17.2 Å². The van der Waals surface area contributed by atoms with Gasteiger partial charge in [0.05, 0.1) is 14.2 Å². The van der Waals surface area contributed by atoms with Crippen LogP contribution in [0.3, 0.4) is 0 Å². The fraction of sp³-hybridized carbons (Fsp3) is 0.0769. The highest BCUT2D eigenvalue weighted by Crippen LogP contribution is 2.43. The van der Waals surface area contributed by atoms with E-state index >= 15 is 0 Å². The summed E-state index contributed by atoms with van der Waals surface area (Å²) in [5, 5.41) is 4.92. The number of ether oxygens (including phenoxy) is 2. The number of hydrogen-bond acceptors (Lipinski definition) is 2. The first-order valence-corrected chi connectivity index (χ1v) is 11.7. The predicted molar refractivity (Wildman–Crippen MR) is 133 cm³/mol. The standard InChI is InChI=1S/C26H24O2P2/c1-27-21-15-9-17-23(29)25(21)26-22(28-2)16-10-18-24(26)30(19-11-5-3-6-12-19)20-13-7-4-8-14-20/h3-18H,29H2,1-2H3. The third-order valence-electron chi connectivity index (χ3n) is 5.02. The van der Waals surface area contributed by atoms with Crippen molar-refractivity contribution in [1.82, 2.24) is 0 Å². The summed E-state index contributed by atoms with van der Waals surface area (Å²) in [6.07, 6.45) is 0. The lowest BCUT2D eigenvalue weighted by molar-refractivity contribution is 0.411. The quantitative estimate of drug-likeness (QED) is 0.416. The molecule has 0 aliphatic rings. The summed E-state index contributed by atoms with van der Waals surface area (Å²) in [7, 11) is 5.51.